The number of likely N-dealkylation sites (N-methyl/N-ethyl adjacent to an activating group) is 1. The lowest BCUT2D eigenvalue weighted by molar-refractivity contribution is -0.137. The summed E-state index contributed by atoms with van der Waals surface area (Å²) in [5.74, 6) is 0.360. The predicted octanol–water partition coefficient (Wildman–Crippen LogP) is 5.27. The van der Waals surface area contributed by atoms with Gasteiger partial charge in [-0.1, -0.05) is 23.7 Å². The van der Waals surface area contributed by atoms with Crippen molar-refractivity contribution in [1.29, 1.82) is 0 Å². The van der Waals surface area contributed by atoms with Gasteiger partial charge in [-0.15, -0.1) is 0 Å². The molecule has 1 atom stereocenters. The Bertz CT molecular complexity index is 1360. The lowest BCUT2D eigenvalue weighted by Crippen LogP contribution is -2.49. The van der Waals surface area contributed by atoms with E-state index in [1.807, 2.05) is 11.9 Å². The summed E-state index contributed by atoms with van der Waals surface area (Å²) in [4.78, 5) is 33.8. The third kappa shape index (κ3) is 6.24. The number of halogens is 4. The quantitative estimate of drug-likeness (QED) is 0.403. The maximum absolute atomic E-state index is 13.6. The highest BCUT2D eigenvalue weighted by Crippen LogP contribution is 2.39. The summed E-state index contributed by atoms with van der Waals surface area (Å²) in [5.41, 5.74) is -0.206. The Balaban J connectivity index is 1.44. The lowest BCUT2D eigenvalue weighted by Gasteiger charge is -2.35. The fourth-order valence-corrected chi connectivity index (χ4v) is 5.03. The van der Waals surface area contributed by atoms with Crippen molar-refractivity contribution in [3.63, 3.8) is 0 Å². The molecule has 3 aromatic carbocycles. The van der Waals surface area contributed by atoms with Crippen molar-refractivity contribution < 1.29 is 27.5 Å². The molecule has 0 bridgehead atoms. The van der Waals surface area contributed by atoms with Crippen molar-refractivity contribution in [2.45, 2.75) is 12.3 Å². The van der Waals surface area contributed by atoms with Crippen LogP contribution in [0.1, 0.15) is 17.3 Å². The number of rotatable bonds is 6. The first kappa shape index (κ1) is 27.9. The van der Waals surface area contributed by atoms with Gasteiger partial charge in [0.2, 0.25) is 11.8 Å². The molecule has 0 aromatic heterocycles. The average Bonchev–Trinajstić information content (AvgIpc) is 3.28. The van der Waals surface area contributed by atoms with Gasteiger partial charge < -0.3 is 14.5 Å². The second-order valence-corrected chi connectivity index (χ2v) is 10.3. The van der Waals surface area contributed by atoms with Crippen molar-refractivity contribution in [3.05, 3.63) is 88.9 Å². The monoisotopic (exact) mass is 572 g/mol. The van der Waals surface area contributed by atoms with Crippen LogP contribution in [0.15, 0.2) is 72.8 Å². The van der Waals surface area contributed by atoms with Crippen molar-refractivity contribution >= 4 is 29.1 Å². The van der Waals surface area contributed by atoms with Crippen molar-refractivity contribution in [2.75, 3.05) is 51.2 Å². The second kappa shape index (κ2) is 11.5. The SMILES string of the molecule is CN1CCN(CC(=O)N2CC(=O)N(c3ccc(Oc4ccc(Cl)cc4)cc3)C2c2cccc(C(F)(F)F)c2)CC1. The summed E-state index contributed by atoms with van der Waals surface area (Å²) < 4.78 is 46.6. The molecule has 5 rings (SSSR count). The third-order valence-electron chi connectivity index (χ3n) is 7.07. The minimum Gasteiger partial charge on any atom is -0.457 e. The zero-order valence-electron chi connectivity index (χ0n) is 21.8. The molecule has 2 amide bonds. The minimum atomic E-state index is -4.57. The standard InChI is InChI=1S/C29H28ClF3N4O3/c1-34-13-15-35(16-14-34)18-26(38)36-19-27(39)37(28(36)20-3-2-4-21(17-20)29(31,32)33)23-7-11-25(12-8-23)40-24-9-5-22(30)6-10-24/h2-12,17,28H,13-16,18-19H2,1H3. The molecule has 11 heteroatoms. The summed E-state index contributed by atoms with van der Waals surface area (Å²) in [5, 5.41) is 0.572. The Hall–Kier alpha value is -3.60. The van der Waals surface area contributed by atoms with Crippen LogP contribution in [0.5, 0.6) is 11.5 Å². The Morgan fingerprint density at radius 1 is 0.950 bits per heavy atom. The number of carbonyl (C=O) groups is 2. The number of hydrogen-bond acceptors (Lipinski definition) is 5. The summed E-state index contributed by atoms with van der Waals surface area (Å²) in [6.45, 7) is 2.84. The molecule has 0 saturated carbocycles. The van der Waals surface area contributed by atoms with E-state index in [0.29, 0.717) is 35.3 Å². The highest BCUT2D eigenvalue weighted by atomic mass is 35.5. The first-order chi connectivity index (χ1) is 19.1. The molecule has 1 unspecified atom stereocenters. The summed E-state index contributed by atoms with van der Waals surface area (Å²) >= 11 is 5.93. The van der Waals surface area contributed by atoms with Gasteiger partial charge in [-0.25, -0.2) is 0 Å². The molecule has 2 aliphatic rings. The summed E-state index contributed by atoms with van der Waals surface area (Å²) in [6, 6.07) is 18.2. The maximum atomic E-state index is 13.6. The first-order valence-electron chi connectivity index (χ1n) is 12.8. The predicted molar refractivity (Wildman–Crippen MR) is 145 cm³/mol. The van der Waals surface area contributed by atoms with E-state index in [1.165, 1.54) is 21.9 Å². The van der Waals surface area contributed by atoms with Gasteiger partial charge in [0, 0.05) is 36.9 Å². The van der Waals surface area contributed by atoms with Gasteiger partial charge >= 0.3 is 6.18 Å². The Kier molecular flexibility index (Phi) is 8.02. The van der Waals surface area contributed by atoms with Crippen LogP contribution in [0, 0.1) is 0 Å². The highest BCUT2D eigenvalue weighted by molar-refractivity contribution is 6.30. The molecule has 0 N–H and O–H groups in total. The number of carbonyl (C=O) groups excluding carboxylic acids is 2. The van der Waals surface area contributed by atoms with Crippen molar-refractivity contribution in [1.82, 2.24) is 14.7 Å². The lowest BCUT2D eigenvalue weighted by atomic mass is 10.1. The van der Waals surface area contributed by atoms with Gasteiger partial charge in [-0.05, 0) is 73.3 Å². The minimum absolute atomic E-state index is 0.0816. The van der Waals surface area contributed by atoms with Crippen LogP contribution in [0.3, 0.4) is 0 Å². The molecule has 2 saturated heterocycles. The normalized spacial score (nSPS) is 18.8. The molecular weight excluding hydrogens is 545 g/mol. The van der Waals surface area contributed by atoms with Gasteiger partial charge in [-0.3, -0.25) is 19.4 Å². The molecule has 3 aromatic rings. The van der Waals surface area contributed by atoms with Crippen LogP contribution in [0.4, 0.5) is 18.9 Å². The molecular formula is C29H28ClF3N4O3. The average molecular weight is 573 g/mol. The molecule has 2 fully saturated rings. The smallest absolute Gasteiger partial charge is 0.416 e. The first-order valence-corrected chi connectivity index (χ1v) is 13.2. The van der Waals surface area contributed by atoms with Crippen LogP contribution in [0.25, 0.3) is 0 Å². The van der Waals surface area contributed by atoms with Crippen LogP contribution in [-0.2, 0) is 15.8 Å². The molecule has 2 heterocycles. The Morgan fingerprint density at radius 3 is 2.20 bits per heavy atom. The largest absolute Gasteiger partial charge is 0.457 e. The number of nitrogens with zero attached hydrogens (tertiary/aromatic N) is 4. The van der Waals surface area contributed by atoms with Gasteiger partial charge in [0.05, 0.1) is 12.1 Å². The molecule has 0 radical (unpaired) electrons. The molecule has 210 valence electrons. The number of benzene rings is 3. The number of ether oxygens (including phenoxy) is 1. The molecule has 0 spiro atoms. The number of hydrogen-bond donors (Lipinski definition) is 0. The topological polar surface area (TPSA) is 56.3 Å². The second-order valence-electron chi connectivity index (χ2n) is 9.91. The summed E-state index contributed by atoms with van der Waals surface area (Å²) in [7, 11) is 2.01. The van der Waals surface area contributed by atoms with E-state index in [-0.39, 0.29) is 30.5 Å². The zero-order chi connectivity index (χ0) is 28.4. The number of alkyl halides is 3. The van der Waals surface area contributed by atoms with E-state index in [2.05, 4.69) is 4.90 Å². The Morgan fingerprint density at radius 2 is 1.57 bits per heavy atom. The van der Waals surface area contributed by atoms with Gasteiger partial charge in [0.1, 0.15) is 24.2 Å². The van der Waals surface area contributed by atoms with Crippen LogP contribution in [-0.4, -0.2) is 72.8 Å². The fourth-order valence-electron chi connectivity index (χ4n) is 4.90. The van der Waals surface area contributed by atoms with Crippen molar-refractivity contribution in [2.24, 2.45) is 0 Å². The molecule has 7 nitrogen and oxygen atoms in total. The van der Waals surface area contributed by atoms with Gasteiger partial charge in [-0.2, -0.15) is 13.2 Å². The van der Waals surface area contributed by atoms with E-state index >= 15 is 0 Å². The van der Waals surface area contributed by atoms with Gasteiger partial charge in [0.25, 0.3) is 0 Å². The number of anilines is 1. The molecule has 2 aliphatic heterocycles. The number of amides is 2. The van der Waals surface area contributed by atoms with E-state index in [4.69, 9.17) is 16.3 Å². The third-order valence-corrected chi connectivity index (χ3v) is 7.32. The van der Waals surface area contributed by atoms with E-state index < -0.39 is 17.9 Å². The fraction of sp³-hybridized carbons (Fsp3) is 0.310. The highest BCUT2D eigenvalue weighted by Gasteiger charge is 2.43. The summed E-state index contributed by atoms with van der Waals surface area (Å²) in [6.07, 6.45) is -5.60. The number of piperazine rings is 1. The van der Waals surface area contributed by atoms with E-state index in [0.717, 1.165) is 25.2 Å². The maximum Gasteiger partial charge on any atom is 0.416 e. The van der Waals surface area contributed by atoms with Gasteiger partial charge in [0.15, 0.2) is 0 Å². The van der Waals surface area contributed by atoms with Crippen LogP contribution >= 0.6 is 11.6 Å². The van der Waals surface area contributed by atoms with E-state index in [9.17, 15) is 22.8 Å². The van der Waals surface area contributed by atoms with Crippen LogP contribution in [0.2, 0.25) is 5.02 Å². The Labute approximate surface area is 235 Å². The van der Waals surface area contributed by atoms with Crippen molar-refractivity contribution in [3.8, 4) is 11.5 Å². The van der Waals surface area contributed by atoms with E-state index in [1.54, 1.807) is 48.5 Å². The zero-order valence-corrected chi connectivity index (χ0v) is 22.5. The molecule has 0 aliphatic carbocycles. The molecule has 40 heavy (non-hydrogen) atoms. The van der Waals surface area contributed by atoms with Crippen LogP contribution < -0.4 is 9.64 Å².